The summed E-state index contributed by atoms with van der Waals surface area (Å²) in [6, 6.07) is 13.7. The Morgan fingerprint density at radius 1 is 1.09 bits per heavy atom. The first-order valence-electron chi connectivity index (χ1n) is 9.85. The normalized spacial score (nSPS) is 14.6. The zero-order valence-corrected chi connectivity index (χ0v) is 16.8. The summed E-state index contributed by atoms with van der Waals surface area (Å²) < 4.78 is 15.8. The van der Waals surface area contributed by atoms with E-state index in [-0.39, 0.29) is 25.0 Å². The van der Waals surface area contributed by atoms with Gasteiger partial charge >= 0.3 is 5.97 Å². The molecule has 3 aromatic rings. The van der Waals surface area contributed by atoms with Gasteiger partial charge in [0, 0.05) is 6.42 Å². The summed E-state index contributed by atoms with van der Waals surface area (Å²) in [6.45, 7) is -0.677. The highest BCUT2D eigenvalue weighted by Gasteiger charge is 2.28. The molecule has 0 fully saturated rings. The molecule has 0 spiro atoms. The zero-order valence-electron chi connectivity index (χ0n) is 16.8. The van der Waals surface area contributed by atoms with Crippen molar-refractivity contribution in [3.8, 4) is 11.5 Å². The van der Waals surface area contributed by atoms with E-state index >= 15 is 0 Å². The highest BCUT2D eigenvalue weighted by atomic mass is 16.6. The van der Waals surface area contributed by atoms with Crippen LogP contribution in [-0.2, 0) is 25.5 Å². The fourth-order valence-corrected chi connectivity index (χ4v) is 3.09. The van der Waals surface area contributed by atoms with Crippen molar-refractivity contribution in [1.82, 2.24) is 15.3 Å². The molecule has 0 saturated heterocycles. The Balaban J connectivity index is 1.22. The van der Waals surface area contributed by atoms with Crippen LogP contribution in [0.3, 0.4) is 0 Å². The third-order valence-corrected chi connectivity index (χ3v) is 4.66. The lowest BCUT2D eigenvalue weighted by Gasteiger charge is -2.25. The number of hydrogen-bond acceptors (Lipinski definition) is 8. The molecule has 0 saturated carbocycles. The molecule has 1 aromatic heterocycles. The van der Waals surface area contributed by atoms with Gasteiger partial charge < -0.3 is 19.2 Å². The number of rotatable bonds is 6. The molecule has 10 nitrogen and oxygen atoms in total. The van der Waals surface area contributed by atoms with E-state index in [9.17, 15) is 19.2 Å². The Morgan fingerprint density at radius 2 is 1.84 bits per heavy atom. The molecular weight excluding hydrogens is 418 g/mol. The number of esters is 1. The number of carbonyl (C=O) groups is 3. The lowest BCUT2D eigenvalue weighted by molar-refractivity contribution is -0.150. The molecule has 0 unspecified atom stereocenters. The van der Waals surface area contributed by atoms with E-state index in [1.807, 2.05) is 0 Å². The van der Waals surface area contributed by atoms with Gasteiger partial charge in [-0.3, -0.25) is 24.5 Å². The fourth-order valence-electron chi connectivity index (χ4n) is 3.09. The first-order chi connectivity index (χ1) is 15.5. The van der Waals surface area contributed by atoms with Crippen LogP contribution in [0.25, 0.3) is 10.9 Å². The van der Waals surface area contributed by atoms with E-state index in [2.05, 4.69) is 15.3 Å². The van der Waals surface area contributed by atoms with E-state index in [0.29, 0.717) is 28.2 Å². The fraction of sp³-hybridized carbons (Fsp3) is 0.227. The number of benzene rings is 2. The molecule has 2 N–H and O–H groups in total. The summed E-state index contributed by atoms with van der Waals surface area (Å²) in [5.74, 6) is -0.909. The number of H-pyrrole nitrogens is 1. The predicted molar refractivity (Wildman–Crippen MR) is 111 cm³/mol. The van der Waals surface area contributed by atoms with Gasteiger partial charge in [-0.15, -0.1) is 0 Å². The van der Waals surface area contributed by atoms with Crippen LogP contribution in [0.4, 0.5) is 0 Å². The minimum absolute atomic E-state index is 0.0487. The number of aromatic nitrogens is 2. The van der Waals surface area contributed by atoms with Gasteiger partial charge in [0.2, 0.25) is 6.10 Å². The van der Waals surface area contributed by atoms with E-state index < -0.39 is 30.5 Å². The third kappa shape index (κ3) is 4.91. The van der Waals surface area contributed by atoms with Gasteiger partial charge in [-0.1, -0.05) is 24.3 Å². The van der Waals surface area contributed by atoms with E-state index in [1.165, 1.54) is 0 Å². The van der Waals surface area contributed by atoms with Crippen LogP contribution in [0.5, 0.6) is 11.5 Å². The molecule has 0 bridgehead atoms. The molecule has 4 rings (SSSR count). The monoisotopic (exact) mass is 437 g/mol. The van der Waals surface area contributed by atoms with Crippen molar-refractivity contribution >= 4 is 28.7 Å². The summed E-state index contributed by atoms with van der Waals surface area (Å²) >= 11 is 0. The lowest BCUT2D eigenvalue weighted by Crippen LogP contribution is -2.47. The molecule has 164 valence electrons. The highest BCUT2D eigenvalue weighted by Crippen LogP contribution is 2.30. The largest absolute Gasteiger partial charge is 0.485 e. The minimum atomic E-state index is -1.000. The van der Waals surface area contributed by atoms with Crippen molar-refractivity contribution in [3.63, 3.8) is 0 Å². The van der Waals surface area contributed by atoms with Crippen LogP contribution in [-0.4, -0.2) is 47.1 Å². The van der Waals surface area contributed by atoms with Crippen LogP contribution < -0.4 is 20.3 Å². The number of fused-ring (bicyclic) bond motifs is 2. The maximum Gasteiger partial charge on any atom is 0.306 e. The van der Waals surface area contributed by atoms with Crippen LogP contribution in [0.15, 0.2) is 53.3 Å². The second-order valence-electron chi connectivity index (χ2n) is 6.97. The molecule has 10 heteroatoms. The van der Waals surface area contributed by atoms with Crippen molar-refractivity contribution < 1.29 is 28.6 Å². The van der Waals surface area contributed by atoms with E-state index in [4.69, 9.17) is 14.2 Å². The second-order valence-corrected chi connectivity index (χ2v) is 6.97. The van der Waals surface area contributed by atoms with Crippen LogP contribution in [0.2, 0.25) is 0 Å². The molecular formula is C22H19N3O7. The van der Waals surface area contributed by atoms with Crippen LogP contribution in [0.1, 0.15) is 12.2 Å². The Kier molecular flexibility index (Phi) is 6.11. The van der Waals surface area contributed by atoms with Gasteiger partial charge in [0.05, 0.1) is 17.3 Å². The quantitative estimate of drug-likeness (QED) is 0.543. The topological polar surface area (TPSA) is 137 Å². The number of ether oxygens (including phenoxy) is 3. The Labute approximate surface area is 181 Å². The van der Waals surface area contributed by atoms with Crippen molar-refractivity contribution in [2.24, 2.45) is 0 Å². The third-order valence-electron chi connectivity index (χ3n) is 4.66. The first-order valence-corrected chi connectivity index (χ1v) is 9.85. The first kappa shape index (κ1) is 21.0. The lowest BCUT2D eigenvalue weighted by atomic mass is 10.2. The maximum absolute atomic E-state index is 12.2. The molecule has 2 heterocycles. The molecule has 1 atom stereocenters. The molecule has 32 heavy (non-hydrogen) atoms. The molecule has 0 aliphatic carbocycles. The van der Waals surface area contributed by atoms with E-state index in [0.717, 1.165) is 0 Å². The van der Waals surface area contributed by atoms with Crippen molar-refractivity contribution in [2.45, 2.75) is 18.9 Å². The summed E-state index contributed by atoms with van der Waals surface area (Å²) in [6.07, 6.45) is -0.967. The Morgan fingerprint density at radius 3 is 2.69 bits per heavy atom. The van der Waals surface area contributed by atoms with Crippen LogP contribution in [0, 0.1) is 0 Å². The van der Waals surface area contributed by atoms with Crippen molar-refractivity contribution in [3.05, 3.63) is 64.7 Å². The molecule has 2 amide bonds. The standard InChI is InChI=1S/C22H19N3O7/c26-19(25-22(29)17-11-30-15-7-3-4-8-16(15)32-17)12-31-20(27)10-9-18-23-14-6-2-1-5-13(14)21(28)24-18/h1-8,17H,9-12H2,(H,23,24,28)(H,25,26,29)/t17-/m0/s1. The number of nitrogens with zero attached hydrogens (tertiary/aromatic N) is 1. The van der Waals surface area contributed by atoms with Crippen LogP contribution >= 0.6 is 0 Å². The average Bonchev–Trinajstić information content (AvgIpc) is 2.81. The smallest absolute Gasteiger partial charge is 0.306 e. The predicted octanol–water partition coefficient (Wildman–Crippen LogP) is 0.882. The second kappa shape index (κ2) is 9.29. The number of para-hydroxylation sites is 3. The Bertz CT molecular complexity index is 1240. The summed E-state index contributed by atoms with van der Waals surface area (Å²) in [7, 11) is 0. The number of hydrogen-bond donors (Lipinski definition) is 2. The number of carbonyl (C=O) groups excluding carboxylic acids is 3. The number of nitrogens with one attached hydrogen (secondary N) is 2. The van der Waals surface area contributed by atoms with E-state index in [1.54, 1.807) is 48.5 Å². The highest BCUT2D eigenvalue weighted by molar-refractivity contribution is 5.98. The molecule has 1 aliphatic heterocycles. The number of aryl methyl sites for hydroxylation is 1. The molecule has 0 radical (unpaired) electrons. The minimum Gasteiger partial charge on any atom is -0.485 e. The number of imide groups is 1. The van der Waals surface area contributed by atoms with Gasteiger partial charge in [-0.2, -0.15) is 0 Å². The van der Waals surface area contributed by atoms with Gasteiger partial charge in [-0.05, 0) is 24.3 Å². The van der Waals surface area contributed by atoms with Gasteiger partial charge in [0.15, 0.2) is 18.1 Å². The summed E-state index contributed by atoms with van der Waals surface area (Å²) in [5, 5.41) is 2.57. The van der Waals surface area contributed by atoms with Gasteiger partial charge in [0.25, 0.3) is 17.4 Å². The summed E-state index contributed by atoms with van der Waals surface area (Å²) in [4.78, 5) is 55.0. The van der Waals surface area contributed by atoms with Crippen molar-refractivity contribution in [1.29, 1.82) is 0 Å². The molecule has 1 aliphatic rings. The molecule has 2 aromatic carbocycles. The Hall–Kier alpha value is -4.21. The van der Waals surface area contributed by atoms with Crippen molar-refractivity contribution in [2.75, 3.05) is 13.2 Å². The van der Waals surface area contributed by atoms with Gasteiger partial charge in [-0.25, -0.2) is 4.98 Å². The van der Waals surface area contributed by atoms with Gasteiger partial charge in [0.1, 0.15) is 12.4 Å². The summed E-state index contributed by atoms with van der Waals surface area (Å²) in [5.41, 5.74) is 0.224. The maximum atomic E-state index is 12.2. The SMILES string of the molecule is O=C(COC(=O)CCc1nc2ccccc2c(=O)[nH]1)NC(=O)[C@@H]1COc2ccccc2O1. The number of aromatic amines is 1. The average molecular weight is 437 g/mol. The zero-order chi connectivity index (χ0) is 22.5. The number of amides is 2.